The van der Waals surface area contributed by atoms with Crippen LogP contribution in [-0.4, -0.2) is 57.7 Å². The molecule has 7 heteroatoms. The molecule has 170 valence electrons. The monoisotopic (exact) mass is 434 g/mol. The van der Waals surface area contributed by atoms with Gasteiger partial charge in [-0.2, -0.15) is 0 Å². The zero-order valence-corrected chi connectivity index (χ0v) is 18.5. The number of fused-ring (bicyclic) bond motifs is 7. The molecule has 5 rings (SSSR count). The minimum Gasteiger partial charge on any atom is -0.390 e. The molecule has 3 saturated carbocycles. The molecule has 0 radical (unpaired) electrons. The quantitative estimate of drug-likeness (QED) is 0.694. The van der Waals surface area contributed by atoms with E-state index in [1.807, 2.05) is 6.92 Å². The maximum absolute atomic E-state index is 17.1. The minimum absolute atomic E-state index is 0.0109. The van der Waals surface area contributed by atoms with Crippen LogP contribution in [0.25, 0.3) is 0 Å². The first-order valence-corrected chi connectivity index (χ1v) is 11.2. The first-order valence-electron chi connectivity index (χ1n) is 11.2. The molecule has 4 fully saturated rings. The molecule has 2 N–H and O–H groups in total. The number of hydrogen-bond donors (Lipinski definition) is 2. The van der Waals surface area contributed by atoms with Crippen molar-refractivity contribution in [3.8, 4) is 0 Å². The summed E-state index contributed by atoms with van der Waals surface area (Å²) in [7, 11) is 0. The van der Waals surface area contributed by atoms with Crippen LogP contribution in [0.15, 0.2) is 23.8 Å². The van der Waals surface area contributed by atoms with Crippen molar-refractivity contribution >= 4 is 11.6 Å². The Morgan fingerprint density at radius 3 is 2.65 bits per heavy atom. The first kappa shape index (κ1) is 21.4. The van der Waals surface area contributed by atoms with Crippen molar-refractivity contribution in [1.29, 1.82) is 0 Å². The third-order valence-electron chi connectivity index (χ3n) is 9.19. The molecule has 0 aromatic rings. The number of ketones is 2. The Morgan fingerprint density at radius 2 is 1.97 bits per heavy atom. The summed E-state index contributed by atoms with van der Waals surface area (Å²) >= 11 is 0. The van der Waals surface area contributed by atoms with E-state index in [9.17, 15) is 19.8 Å². The van der Waals surface area contributed by atoms with Crippen molar-refractivity contribution in [2.75, 3.05) is 6.61 Å². The fraction of sp³-hybridized carbons (Fsp3) is 0.750. The van der Waals surface area contributed by atoms with Gasteiger partial charge in [0.2, 0.25) is 0 Å². The number of ether oxygens (including phenoxy) is 2. The van der Waals surface area contributed by atoms with Crippen LogP contribution in [0, 0.1) is 22.7 Å². The van der Waals surface area contributed by atoms with E-state index in [1.165, 1.54) is 12.2 Å². The molecule has 1 saturated heterocycles. The maximum Gasteiger partial charge on any atom is 0.193 e. The van der Waals surface area contributed by atoms with Crippen molar-refractivity contribution in [2.45, 2.75) is 82.6 Å². The van der Waals surface area contributed by atoms with Gasteiger partial charge < -0.3 is 19.7 Å². The second kappa shape index (κ2) is 6.13. The van der Waals surface area contributed by atoms with Crippen LogP contribution in [0.3, 0.4) is 0 Å². The van der Waals surface area contributed by atoms with Gasteiger partial charge >= 0.3 is 0 Å². The largest absolute Gasteiger partial charge is 0.390 e. The van der Waals surface area contributed by atoms with E-state index in [0.717, 1.165) is 5.57 Å². The lowest BCUT2D eigenvalue weighted by Crippen LogP contribution is -2.70. The van der Waals surface area contributed by atoms with Crippen molar-refractivity contribution in [3.63, 3.8) is 0 Å². The highest BCUT2D eigenvalue weighted by atomic mass is 19.1. The van der Waals surface area contributed by atoms with Crippen molar-refractivity contribution < 1.29 is 33.7 Å². The second-order valence-electron chi connectivity index (χ2n) is 10.9. The van der Waals surface area contributed by atoms with Crippen LogP contribution in [0.2, 0.25) is 0 Å². The number of aliphatic hydroxyl groups is 2. The molecule has 8 atom stereocenters. The van der Waals surface area contributed by atoms with Crippen LogP contribution >= 0.6 is 0 Å². The molecular weight excluding hydrogens is 403 g/mol. The molecule has 0 aromatic heterocycles. The lowest BCUT2D eigenvalue weighted by Gasteiger charge is -2.62. The van der Waals surface area contributed by atoms with E-state index in [4.69, 9.17) is 9.47 Å². The topological polar surface area (TPSA) is 93.1 Å². The molecule has 0 unspecified atom stereocenters. The number of carbonyl (C=O) groups excluding carboxylic acids is 2. The molecule has 1 aliphatic heterocycles. The van der Waals surface area contributed by atoms with E-state index in [1.54, 1.807) is 26.8 Å². The molecule has 0 aromatic carbocycles. The van der Waals surface area contributed by atoms with Gasteiger partial charge in [-0.05, 0) is 64.5 Å². The first-order chi connectivity index (χ1) is 14.4. The molecule has 1 heterocycles. The maximum atomic E-state index is 17.1. The Kier molecular flexibility index (Phi) is 4.24. The summed E-state index contributed by atoms with van der Waals surface area (Å²) in [6.45, 7) is 6.41. The molecule has 4 aliphatic carbocycles. The van der Waals surface area contributed by atoms with Gasteiger partial charge in [-0.25, -0.2) is 4.39 Å². The molecule has 0 amide bonds. The molecule has 31 heavy (non-hydrogen) atoms. The van der Waals surface area contributed by atoms with Crippen molar-refractivity contribution in [2.24, 2.45) is 22.7 Å². The molecule has 0 bridgehead atoms. The number of hydrogen-bond acceptors (Lipinski definition) is 6. The van der Waals surface area contributed by atoms with Crippen LogP contribution < -0.4 is 0 Å². The Balaban J connectivity index is 1.64. The fourth-order valence-corrected chi connectivity index (χ4v) is 7.93. The number of carbonyl (C=O) groups is 2. The van der Waals surface area contributed by atoms with Gasteiger partial charge in [0.25, 0.3) is 0 Å². The van der Waals surface area contributed by atoms with Gasteiger partial charge in [0, 0.05) is 16.7 Å². The average Bonchev–Trinajstić information content (AvgIpc) is 3.09. The summed E-state index contributed by atoms with van der Waals surface area (Å²) < 4.78 is 29.5. The predicted octanol–water partition coefficient (Wildman–Crippen LogP) is 2.42. The van der Waals surface area contributed by atoms with Crippen LogP contribution in [0.5, 0.6) is 0 Å². The SMILES string of the molecule is CC1(C)O[C@H]2C[C@H]3[C@@H]4CCC5=CC(=O)C=C[C@]5(C)[C@]4(F)[C@@H](O)C[C@]3(C)[C@]2(C(=O)CO)O1. The zero-order chi connectivity index (χ0) is 22.6. The van der Waals surface area contributed by atoms with E-state index in [2.05, 4.69) is 0 Å². The molecular formula is C24H31FO6. The predicted molar refractivity (Wildman–Crippen MR) is 109 cm³/mol. The normalized spacial score (nSPS) is 52.1. The summed E-state index contributed by atoms with van der Waals surface area (Å²) in [6, 6.07) is 0. The number of allylic oxidation sites excluding steroid dienone is 4. The Bertz CT molecular complexity index is 925. The van der Waals surface area contributed by atoms with Crippen LogP contribution in [0.1, 0.15) is 53.4 Å². The Hall–Kier alpha value is -1.41. The zero-order valence-electron chi connectivity index (χ0n) is 18.5. The van der Waals surface area contributed by atoms with Crippen molar-refractivity contribution in [1.82, 2.24) is 0 Å². The van der Waals surface area contributed by atoms with Gasteiger partial charge in [-0.3, -0.25) is 9.59 Å². The summed E-state index contributed by atoms with van der Waals surface area (Å²) in [6.07, 6.45) is 4.00. The third-order valence-corrected chi connectivity index (χ3v) is 9.19. The summed E-state index contributed by atoms with van der Waals surface area (Å²) in [5, 5.41) is 21.2. The smallest absolute Gasteiger partial charge is 0.193 e. The standard InChI is InChI=1S/C24H31FO6/c1-20(2)30-19-10-16-15-6-5-13-9-14(27)7-8-21(13,3)23(15,25)17(28)11-22(16,4)24(19,31-20)18(29)12-26/h7-9,15-17,19,26,28H,5-6,10-12H2,1-4H3/t15-,16-,17-,19-,21-,22-,23+,24+/m0/s1. The van der Waals surface area contributed by atoms with Gasteiger partial charge in [0.15, 0.2) is 28.6 Å². The van der Waals surface area contributed by atoms with E-state index >= 15 is 4.39 Å². The number of rotatable bonds is 2. The molecule has 5 aliphatic rings. The number of aliphatic hydroxyl groups excluding tert-OH is 2. The Morgan fingerprint density at radius 1 is 1.26 bits per heavy atom. The number of halogens is 1. The van der Waals surface area contributed by atoms with E-state index in [0.29, 0.717) is 19.3 Å². The lowest BCUT2D eigenvalue weighted by atomic mass is 9.44. The highest BCUT2D eigenvalue weighted by molar-refractivity contribution is 6.01. The summed E-state index contributed by atoms with van der Waals surface area (Å²) in [5.74, 6) is -2.46. The third kappa shape index (κ3) is 2.31. The van der Waals surface area contributed by atoms with Gasteiger partial charge in [0.1, 0.15) is 6.61 Å². The second-order valence-corrected chi connectivity index (χ2v) is 10.9. The molecule has 0 spiro atoms. The van der Waals surface area contributed by atoms with E-state index in [-0.39, 0.29) is 18.1 Å². The lowest BCUT2D eigenvalue weighted by molar-refractivity contribution is -0.246. The molecule has 6 nitrogen and oxygen atoms in total. The number of Topliss-reactive ketones (excluding diaryl/α,β-unsaturated/α-hetero) is 1. The van der Waals surface area contributed by atoms with Crippen LogP contribution in [-0.2, 0) is 19.1 Å². The van der Waals surface area contributed by atoms with Gasteiger partial charge in [-0.15, -0.1) is 0 Å². The van der Waals surface area contributed by atoms with Gasteiger partial charge in [-0.1, -0.05) is 18.6 Å². The van der Waals surface area contributed by atoms with E-state index < -0.39 is 58.4 Å². The number of alkyl halides is 1. The summed E-state index contributed by atoms with van der Waals surface area (Å²) in [5.41, 5.74) is -4.66. The highest BCUT2D eigenvalue weighted by Gasteiger charge is 2.79. The average molecular weight is 435 g/mol. The van der Waals surface area contributed by atoms with Crippen LogP contribution in [0.4, 0.5) is 4.39 Å². The minimum atomic E-state index is -1.98. The summed E-state index contributed by atoms with van der Waals surface area (Å²) in [4.78, 5) is 25.1. The fourth-order valence-electron chi connectivity index (χ4n) is 7.93. The van der Waals surface area contributed by atoms with Crippen molar-refractivity contribution in [3.05, 3.63) is 23.8 Å². The highest BCUT2D eigenvalue weighted by Crippen LogP contribution is 2.72. The van der Waals surface area contributed by atoms with Gasteiger partial charge in [0.05, 0.1) is 12.2 Å². The Labute approximate surface area is 181 Å².